The van der Waals surface area contributed by atoms with E-state index in [4.69, 9.17) is 15.2 Å². The van der Waals surface area contributed by atoms with Crippen LogP contribution in [0.2, 0.25) is 0 Å². The van der Waals surface area contributed by atoms with Crippen LogP contribution in [-0.2, 0) is 19.1 Å². The zero-order valence-corrected chi connectivity index (χ0v) is 12.2. The van der Waals surface area contributed by atoms with Crippen LogP contribution in [0.4, 0.5) is 0 Å². The lowest BCUT2D eigenvalue weighted by atomic mass is 9.78. The molecule has 1 aromatic heterocycles. The number of carbonyl (C=O) groups excluding carboxylic acids is 2. The van der Waals surface area contributed by atoms with Crippen LogP contribution in [-0.4, -0.2) is 23.8 Å². The molecule has 1 aromatic rings. The van der Waals surface area contributed by atoms with Gasteiger partial charge in [0.05, 0.1) is 7.11 Å². The number of esters is 1. The Kier molecular flexibility index (Phi) is 3.66. The van der Waals surface area contributed by atoms with Crippen LogP contribution in [0.25, 0.3) is 0 Å². The quantitative estimate of drug-likeness (QED) is 0.833. The maximum Gasteiger partial charge on any atom is 0.340 e. The number of methoxy groups -OCH3 is 1. The minimum atomic E-state index is -0.559. The first-order chi connectivity index (χ1) is 10.6. The fraction of sp³-hybridized carbons (Fsp3) is 0.312. The maximum atomic E-state index is 12.1. The van der Waals surface area contributed by atoms with Crippen molar-refractivity contribution in [1.29, 1.82) is 0 Å². The molecule has 1 aliphatic carbocycles. The van der Waals surface area contributed by atoms with Crippen LogP contribution < -0.4 is 5.73 Å². The first-order valence-corrected chi connectivity index (χ1v) is 7.05. The fourth-order valence-corrected chi connectivity index (χ4v) is 2.97. The Balaban J connectivity index is 2.17. The smallest absolute Gasteiger partial charge is 0.340 e. The molecule has 6 heteroatoms. The minimum Gasteiger partial charge on any atom is -0.465 e. The highest BCUT2D eigenvalue weighted by Gasteiger charge is 2.40. The van der Waals surface area contributed by atoms with Gasteiger partial charge in [-0.05, 0) is 30.0 Å². The number of ketones is 1. The summed E-state index contributed by atoms with van der Waals surface area (Å²) < 4.78 is 10.3. The van der Waals surface area contributed by atoms with Crippen molar-refractivity contribution in [3.8, 4) is 0 Å². The van der Waals surface area contributed by atoms with E-state index in [1.165, 1.54) is 7.11 Å². The number of allylic oxidation sites excluding steroid dienone is 2. The second-order valence-electron chi connectivity index (χ2n) is 5.22. The Hall–Kier alpha value is -2.63. The van der Waals surface area contributed by atoms with Crippen LogP contribution in [0, 0.1) is 0 Å². The summed E-state index contributed by atoms with van der Waals surface area (Å²) in [5.41, 5.74) is 7.69. The standard InChI is InChI=1S/C16H16N2O4/c1-21-16(20)13-12(9-4-3-7-18-8-9)10-5-2-6-11(19)14(10)22-15(13)17/h3-4,7-8,12H,2,5-6,17H2,1H3. The van der Waals surface area contributed by atoms with Gasteiger partial charge in [0, 0.05) is 24.7 Å². The first-order valence-electron chi connectivity index (χ1n) is 7.05. The van der Waals surface area contributed by atoms with Crippen molar-refractivity contribution in [3.63, 3.8) is 0 Å². The molecule has 0 fully saturated rings. The number of nitrogens with two attached hydrogens (primary N) is 1. The van der Waals surface area contributed by atoms with Gasteiger partial charge in [0.2, 0.25) is 5.88 Å². The summed E-state index contributed by atoms with van der Waals surface area (Å²) in [6.45, 7) is 0. The summed E-state index contributed by atoms with van der Waals surface area (Å²) >= 11 is 0. The molecule has 0 bridgehead atoms. The molecule has 2 heterocycles. The summed E-state index contributed by atoms with van der Waals surface area (Å²) in [5.74, 6) is -0.896. The van der Waals surface area contributed by atoms with Crippen molar-refractivity contribution < 1.29 is 19.1 Å². The van der Waals surface area contributed by atoms with Gasteiger partial charge >= 0.3 is 5.97 Å². The lowest BCUT2D eigenvalue weighted by Crippen LogP contribution is -2.30. The van der Waals surface area contributed by atoms with E-state index in [-0.39, 0.29) is 23.0 Å². The predicted molar refractivity (Wildman–Crippen MR) is 77.2 cm³/mol. The van der Waals surface area contributed by atoms with Gasteiger partial charge < -0.3 is 15.2 Å². The number of nitrogens with zero attached hydrogens (tertiary/aromatic N) is 1. The number of rotatable bonds is 2. The number of aromatic nitrogens is 1. The highest BCUT2D eigenvalue weighted by molar-refractivity contribution is 5.98. The van der Waals surface area contributed by atoms with Crippen LogP contribution in [0.3, 0.4) is 0 Å². The van der Waals surface area contributed by atoms with E-state index in [9.17, 15) is 9.59 Å². The molecule has 114 valence electrons. The molecule has 0 spiro atoms. The molecule has 2 aliphatic rings. The summed E-state index contributed by atoms with van der Waals surface area (Å²) in [6, 6.07) is 3.63. The molecule has 1 unspecified atom stereocenters. The predicted octanol–water partition coefficient (Wildman–Crippen LogP) is 1.55. The number of Topliss-reactive ketones (excluding diaryl/α,β-unsaturated/α-hetero) is 1. The molecular formula is C16H16N2O4. The van der Waals surface area contributed by atoms with E-state index in [0.717, 1.165) is 17.6 Å². The lowest BCUT2D eigenvalue weighted by molar-refractivity contribution is -0.137. The molecule has 22 heavy (non-hydrogen) atoms. The third kappa shape index (κ3) is 2.26. The monoisotopic (exact) mass is 300 g/mol. The average molecular weight is 300 g/mol. The largest absolute Gasteiger partial charge is 0.465 e. The molecule has 2 N–H and O–H groups in total. The summed E-state index contributed by atoms with van der Waals surface area (Å²) in [4.78, 5) is 28.4. The Bertz CT molecular complexity index is 691. The van der Waals surface area contributed by atoms with Crippen LogP contribution in [0.1, 0.15) is 30.7 Å². The van der Waals surface area contributed by atoms with E-state index in [1.807, 2.05) is 6.07 Å². The molecule has 0 aromatic carbocycles. The number of pyridine rings is 1. The third-order valence-electron chi connectivity index (χ3n) is 3.93. The number of hydrogen-bond acceptors (Lipinski definition) is 6. The number of hydrogen-bond donors (Lipinski definition) is 1. The van der Waals surface area contributed by atoms with Gasteiger partial charge in [0.25, 0.3) is 0 Å². The minimum absolute atomic E-state index is 0.0743. The molecular weight excluding hydrogens is 284 g/mol. The van der Waals surface area contributed by atoms with Crippen LogP contribution in [0.15, 0.2) is 47.3 Å². The van der Waals surface area contributed by atoms with Gasteiger partial charge in [0.15, 0.2) is 11.5 Å². The van der Waals surface area contributed by atoms with Crippen molar-refractivity contribution in [2.24, 2.45) is 5.73 Å². The van der Waals surface area contributed by atoms with Gasteiger partial charge in [-0.25, -0.2) is 4.79 Å². The van der Waals surface area contributed by atoms with E-state index >= 15 is 0 Å². The molecule has 0 amide bonds. The van der Waals surface area contributed by atoms with Crippen molar-refractivity contribution in [2.45, 2.75) is 25.2 Å². The SMILES string of the molecule is COC(=O)C1=C(N)OC2=C(CCCC2=O)C1c1cccnc1. The fourth-order valence-electron chi connectivity index (χ4n) is 2.97. The summed E-state index contributed by atoms with van der Waals surface area (Å²) in [7, 11) is 1.29. The Morgan fingerprint density at radius 2 is 2.27 bits per heavy atom. The van der Waals surface area contributed by atoms with Crippen molar-refractivity contribution in [2.75, 3.05) is 7.11 Å². The van der Waals surface area contributed by atoms with E-state index in [0.29, 0.717) is 12.8 Å². The average Bonchev–Trinajstić information content (AvgIpc) is 2.55. The molecule has 3 rings (SSSR count). The van der Waals surface area contributed by atoms with Crippen LogP contribution in [0.5, 0.6) is 0 Å². The Morgan fingerprint density at radius 3 is 2.95 bits per heavy atom. The zero-order chi connectivity index (χ0) is 15.7. The Morgan fingerprint density at radius 1 is 1.45 bits per heavy atom. The molecule has 0 saturated heterocycles. The van der Waals surface area contributed by atoms with Gasteiger partial charge in [-0.3, -0.25) is 9.78 Å². The highest BCUT2D eigenvalue weighted by Crippen LogP contribution is 2.44. The maximum absolute atomic E-state index is 12.1. The van der Waals surface area contributed by atoms with Gasteiger partial charge in [-0.2, -0.15) is 0 Å². The molecule has 0 radical (unpaired) electrons. The van der Waals surface area contributed by atoms with Crippen molar-refractivity contribution in [3.05, 3.63) is 52.9 Å². The molecule has 0 saturated carbocycles. The van der Waals surface area contributed by atoms with Gasteiger partial charge in [-0.15, -0.1) is 0 Å². The number of ether oxygens (including phenoxy) is 2. The third-order valence-corrected chi connectivity index (χ3v) is 3.93. The number of carbonyl (C=O) groups is 2. The molecule has 1 aliphatic heterocycles. The second kappa shape index (κ2) is 5.63. The van der Waals surface area contributed by atoms with Gasteiger partial charge in [0.1, 0.15) is 5.57 Å². The lowest BCUT2D eigenvalue weighted by Gasteiger charge is -2.32. The topological polar surface area (TPSA) is 91.5 Å². The van der Waals surface area contributed by atoms with Crippen LogP contribution >= 0.6 is 0 Å². The zero-order valence-electron chi connectivity index (χ0n) is 12.2. The Labute approximate surface area is 127 Å². The molecule has 1 atom stereocenters. The van der Waals surface area contributed by atoms with E-state index in [1.54, 1.807) is 18.5 Å². The molecule has 6 nitrogen and oxygen atoms in total. The van der Waals surface area contributed by atoms with Gasteiger partial charge in [-0.1, -0.05) is 6.07 Å². The first kappa shape index (κ1) is 14.3. The van der Waals surface area contributed by atoms with Crippen molar-refractivity contribution >= 4 is 11.8 Å². The highest BCUT2D eigenvalue weighted by atomic mass is 16.5. The van der Waals surface area contributed by atoms with E-state index in [2.05, 4.69) is 4.98 Å². The summed E-state index contributed by atoms with van der Waals surface area (Å²) in [6.07, 6.45) is 5.14. The van der Waals surface area contributed by atoms with Crippen molar-refractivity contribution in [1.82, 2.24) is 4.98 Å². The normalized spacial score (nSPS) is 21.3. The summed E-state index contributed by atoms with van der Waals surface area (Å²) in [5, 5.41) is 0. The van der Waals surface area contributed by atoms with E-state index < -0.39 is 11.9 Å². The second-order valence-corrected chi connectivity index (χ2v) is 5.22.